The summed E-state index contributed by atoms with van der Waals surface area (Å²) < 4.78 is 0. The molecule has 122 valence electrons. The highest BCUT2D eigenvalue weighted by Gasteiger charge is 2.14. The number of hydrogen-bond donors (Lipinski definition) is 2. The van der Waals surface area contributed by atoms with Gasteiger partial charge in [0, 0.05) is 37.6 Å². The summed E-state index contributed by atoms with van der Waals surface area (Å²) in [7, 11) is 1.99. The Morgan fingerprint density at radius 1 is 1.30 bits per heavy atom. The average molecular weight is 332 g/mol. The summed E-state index contributed by atoms with van der Waals surface area (Å²) in [4.78, 5) is 29.3. The number of carbonyl (C=O) groups excluding carboxylic acids is 2. The number of hydrogen-bond acceptors (Lipinski definition) is 5. The van der Waals surface area contributed by atoms with E-state index in [1.165, 1.54) is 18.3 Å². The van der Waals surface area contributed by atoms with Crippen LogP contribution in [-0.4, -0.2) is 36.4 Å². The molecule has 0 saturated heterocycles. The van der Waals surface area contributed by atoms with E-state index in [0.717, 1.165) is 5.69 Å². The van der Waals surface area contributed by atoms with E-state index in [0.29, 0.717) is 17.4 Å². The van der Waals surface area contributed by atoms with Crippen molar-refractivity contribution >= 4 is 34.0 Å². The molecule has 2 rings (SSSR count). The Morgan fingerprint density at radius 3 is 2.65 bits per heavy atom. The minimum absolute atomic E-state index is 0.134. The van der Waals surface area contributed by atoms with Gasteiger partial charge in [0.2, 0.25) is 5.91 Å². The van der Waals surface area contributed by atoms with Gasteiger partial charge in [0.15, 0.2) is 5.13 Å². The smallest absolute Gasteiger partial charge is 0.270 e. The van der Waals surface area contributed by atoms with E-state index in [9.17, 15) is 9.59 Å². The Balaban J connectivity index is 1.88. The number of nitrogens with one attached hydrogen (secondary N) is 2. The van der Waals surface area contributed by atoms with Gasteiger partial charge in [-0.1, -0.05) is 18.2 Å². The predicted octanol–water partition coefficient (Wildman–Crippen LogP) is 2.36. The third kappa shape index (κ3) is 4.79. The zero-order valence-corrected chi connectivity index (χ0v) is 14.2. The number of benzene rings is 1. The molecule has 23 heavy (non-hydrogen) atoms. The zero-order valence-electron chi connectivity index (χ0n) is 13.4. The Morgan fingerprint density at radius 2 is 2.00 bits per heavy atom. The van der Waals surface area contributed by atoms with Gasteiger partial charge >= 0.3 is 0 Å². The van der Waals surface area contributed by atoms with E-state index in [2.05, 4.69) is 20.5 Å². The average Bonchev–Trinajstić information content (AvgIpc) is 3.00. The third-order valence-electron chi connectivity index (χ3n) is 3.40. The fraction of sp³-hybridized carbons (Fsp3) is 0.312. The highest BCUT2D eigenvalue weighted by atomic mass is 32.1. The molecule has 6 nitrogen and oxygen atoms in total. The molecule has 0 bridgehead atoms. The number of carbonyl (C=O) groups is 2. The second-order valence-corrected chi connectivity index (χ2v) is 6.08. The van der Waals surface area contributed by atoms with Crippen LogP contribution >= 0.6 is 11.3 Å². The Kier molecular flexibility index (Phi) is 5.70. The fourth-order valence-corrected chi connectivity index (χ4v) is 2.71. The maximum absolute atomic E-state index is 12.1. The van der Waals surface area contributed by atoms with Crippen LogP contribution in [0.5, 0.6) is 0 Å². The molecule has 2 amide bonds. The van der Waals surface area contributed by atoms with E-state index in [1.54, 1.807) is 5.38 Å². The quantitative estimate of drug-likeness (QED) is 0.851. The molecular formula is C16H20N4O2S. The lowest BCUT2D eigenvalue weighted by molar-refractivity contribution is -0.114. The van der Waals surface area contributed by atoms with Gasteiger partial charge in [-0.15, -0.1) is 11.3 Å². The third-order valence-corrected chi connectivity index (χ3v) is 4.16. The summed E-state index contributed by atoms with van der Waals surface area (Å²) in [5.41, 5.74) is 1.41. The molecule has 0 aliphatic rings. The topological polar surface area (TPSA) is 74.3 Å². The molecule has 7 heteroatoms. The Bertz CT molecular complexity index is 672. The van der Waals surface area contributed by atoms with Gasteiger partial charge in [-0.05, 0) is 19.1 Å². The lowest BCUT2D eigenvalue weighted by Crippen LogP contribution is -2.40. The van der Waals surface area contributed by atoms with E-state index in [1.807, 2.05) is 44.3 Å². The number of rotatable bonds is 6. The number of aromatic nitrogens is 1. The molecule has 0 aliphatic heterocycles. The van der Waals surface area contributed by atoms with E-state index >= 15 is 0 Å². The van der Waals surface area contributed by atoms with Crippen LogP contribution in [0.3, 0.4) is 0 Å². The highest BCUT2D eigenvalue weighted by molar-refractivity contribution is 7.14. The fourth-order valence-electron chi connectivity index (χ4n) is 1.97. The second kappa shape index (κ2) is 7.73. The lowest BCUT2D eigenvalue weighted by atomic mass is 10.2. The van der Waals surface area contributed by atoms with Gasteiger partial charge in [0.25, 0.3) is 5.91 Å². The van der Waals surface area contributed by atoms with Gasteiger partial charge < -0.3 is 15.5 Å². The van der Waals surface area contributed by atoms with Crippen molar-refractivity contribution < 1.29 is 9.59 Å². The first-order valence-electron chi connectivity index (χ1n) is 7.26. The summed E-state index contributed by atoms with van der Waals surface area (Å²) in [6.45, 7) is 3.94. The molecule has 1 heterocycles. The van der Waals surface area contributed by atoms with Gasteiger partial charge in [-0.2, -0.15) is 0 Å². The van der Waals surface area contributed by atoms with Crippen molar-refractivity contribution in [1.29, 1.82) is 0 Å². The molecule has 2 aromatic rings. The van der Waals surface area contributed by atoms with Gasteiger partial charge in [0.05, 0.1) is 0 Å². The van der Waals surface area contributed by atoms with Gasteiger partial charge in [-0.3, -0.25) is 9.59 Å². The Labute approximate surface area is 139 Å². The summed E-state index contributed by atoms with van der Waals surface area (Å²) >= 11 is 1.23. The number of anilines is 2. The number of nitrogens with zero attached hydrogens (tertiary/aromatic N) is 2. The summed E-state index contributed by atoms with van der Waals surface area (Å²) in [5.74, 6) is -0.449. The molecule has 0 radical (unpaired) electrons. The maximum Gasteiger partial charge on any atom is 0.270 e. The minimum Gasteiger partial charge on any atom is -0.370 e. The summed E-state index contributed by atoms with van der Waals surface area (Å²) in [6.07, 6.45) is 0. The number of thiazole rings is 1. The molecule has 0 fully saturated rings. The van der Waals surface area contributed by atoms with Crippen molar-refractivity contribution in [3.63, 3.8) is 0 Å². The van der Waals surface area contributed by atoms with Crippen LogP contribution in [0.15, 0.2) is 35.7 Å². The van der Waals surface area contributed by atoms with Crippen molar-refractivity contribution in [2.75, 3.05) is 23.8 Å². The maximum atomic E-state index is 12.1. The van der Waals surface area contributed by atoms with Gasteiger partial charge in [-0.25, -0.2) is 4.98 Å². The molecule has 2 N–H and O–H groups in total. The number of amides is 2. The molecule has 0 spiro atoms. The van der Waals surface area contributed by atoms with Crippen LogP contribution < -0.4 is 15.5 Å². The van der Waals surface area contributed by atoms with Crippen LogP contribution in [0.1, 0.15) is 24.3 Å². The SMILES string of the molecule is CC(=O)Nc1nc(C(=O)NCC(C)N(C)c2ccccc2)cs1. The summed E-state index contributed by atoms with van der Waals surface area (Å²) in [5, 5.41) is 7.49. The first kappa shape index (κ1) is 17.0. The van der Waals surface area contributed by atoms with E-state index in [-0.39, 0.29) is 17.9 Å². The largest absolute Gasteiger partial charge is 0.370 e. The normalized spacial score (nSPS) is 11.6. The molecule has 1 aromatic heterocycles. The van der Waals surface area contributed by atoms with Crippen molar-refractivity contribution in [2.24, 2.45) is 0 Å². The van der Waals surface area contributed by atoms with Crippen molar-refractivity contribution in [2.45, 2.75) is 19.9 Å². The molecule has 0 aliphatic carbocycles. The molecule has 1 atom stereocenters. The zero-order chi connectivity index (χ0) is 16.8. The highest BCUT2D eigenvalue weighted by Crippen LogP contribution is 2.16. The van der Waals surface area contributed by atoms with Crippen LogP contribution in [-0.2, 0) is 4.79 Å². The van der Waals surface area contributed by atoms with E-state index < -0.39 is 0 Å². The number of para-hydroxylation sites is 1. The second-order valence-electron chi connectivity index (χ2n) is 5.22. The first-order chi connectivity index (χ1) is 11.0. The predicted molar refractivity (Wildman–Crippen MR) is 93.1 cm³/mol. The van der Waals surface area contributed by atoms with Crippen molar-refractivity contribution in [1.82, 2.24) is 10.3 Å². The van der Waals surface area contributed by atoms with Crippen molar-refractivity contribution in [3.8, 4) is 0 Å². The van der Waals surface area contributed by atoms with E-state index in [4.69, 9.17) is 0 Å². The first-order valence-corrected chi connectivity index (χ1v) is 8.14. The molecular weight excluding hydrogens is 312 g/mol. The van der Waals surface area contributed by atoms with Crippen LogP contribution in [0.25, 0.3) is 0 Å². The molecule has 0 saturated carbocycles. The number of likely N-dealkylation sites (N-methyl/N-ethyl adjacent to an activating group) is 1. The standard InChI is InChI=1S/C16H20N4O2S/c1-11(20(3)13-7-5-4-6-8-13)9-17-15(22)14-10-23-16(19-14)18-12(2)21/h4-8,10-11H,9H2,1-3H3,(H,17,22)(H,18,19,21). The van der Waals surface area contributed by atoms with Crippen LogP contribution in [0, 0.1) is 0 Å². The monoisotopic (exact) mass is 332 g/mol. The Hall–Kier alpha value is -2.41. The van der Waals surface area contributed by atoms with Crippen molar-refractivity contribution in [3.05, 3.63) is 41.4 Å². The molecule has 1 unspecified atom stereocenters. The minimum atomic E-state index is -0.244. The van der Waals surface area contributed by atoms with Crippen LogP contribution in [0.4, 0.5) is 10.8 Å². The van der Waals surface area contributed by atoms with Gasteiger partial charge in [0.1, 0.15) is 5.69 Å². The molecule has 1 aromatic carbocycles. The lowest BCUT2D eigenvalue weighted by Gasteiger charge is -2.27. The van der Waals surface area contributed by atoms with Crippen LogP contribution in [0.2, 0.25) is 0 Å². The summed E-state index contributed by atoms with van der Waals surface area (Å²) in [6, 6.07) is 10.1.